The average molecular weight is 378 g/mol. The number of aryl methyl sites for hydroxylation is 1. The highest BCUT2D eigenvalue weighted by atomic mass is 35.5. The van der Waals surface area contributed by atoms with Crippen LogP contribution in [0.5, 0.6) is 0 Å². The molecule has 7 heteroatoms. The molecule has 0 unspecified atom stereocenters. The van der Waals surface area contributed by atoms with Crippen LogP contribution in [0, 0.1) is 6.92 Å². The van der Waals surface area contributed by atoms with E-state index in [4.69, 9.17) is 4.42 Å². The molecule has 3 rings (SSSR count). The molecule has 1 fully saturated rings. The molecule has 2 aromatic rings. The lowest BCUT2D eigenvalue weighted by molar-refractivity contribution is 0.0703. The van der Waals surface area contributed by atoms with Crippen LogP contribution in [0.3, 0.4) is 0 Å². The molecule has 0 saturated carbocycles. The summed E-state index contributed by atoms with van der Waals surface area (Å²) in [5, 5.41) is 6.12. The van der Waals surface area contributed by atoms with Gasteiger partial charge in [-0.05, 0) is 62.7 Å². The van der Waals surface area contributed by atoms with Crippen LogP contribution in [0.15, 0.2) is 41.0 Å². The second-order valence-corrected chi connectivity index (χ2v) is 6.36. The molecule has 1 aliphatic heterocycles. The SMILES string of the molecule is Cc1ccc(C(=O)N(C)C2CCNCC2)cc1NC(=O)c1ccco1.Cl. The van der Waals surface area contributed by atoms with Crippen LogP contribution in [-0.2, 0) is 0 Å². The number of carbonyl (C=O) groups is 2. The molecule has 0 aliphatic carbocycles. The first kappa shape index (κ1) is 20.0. The third-order valence-corrected chi connectivity index (χ3v) is 4.65. The number of hydrogen-bond acceptors (Lipinski definition) is 4. The molecule has 2 amide bonds. The van der Waals surface area contributed by atoms with Gasteiger partial charge < -0.3 is 20.0 Å². The number of piperidine rings is 1. The van der Waals surface area contributed by atoms with Crippen LogP contribution < -0.4 is 10.6 Å². The van der Waals surface area contributed by atoms with E-state index in [0.717, 1.165) is 31.5 Å². The molecule has 1 saturated heterocycles. The van der Waals surface area contributed by atoms with E-state index in [1.807, 2.05) is 24.9 Å². The summed E-state index contributed by atoms with van der Waals surface area (Å²) >= 11 is 0. The Morgan fingerprint density at radius 3 is 2.62 bits per heavy atom. The quantitative estimate of drug-likeness (QED) is 0.858. The van der Waals surface area contributed by atoms with E-state index in [1.54, 1.807) is 24.3 Å². The lowest BCUT2D eigenvalue weighted by atomic mass is 10.0. The third-order valence-electron chi connectivity index (χ3n) is 4.65. The number of halogens is 1. The Labute approximate surface area is 159 Å². The summed E-state index contributed by atoms with van der Waals surface area (Å²) < 4.78 is 5.11. The minimum Gasteiger partial charge on any atom is -0.459 e. The van der Waals surface area contributed by atoms with E-state index < -0.39 is 0 Å². The van der Waals surface area contributed by atoms with Crippen molar-refractivity contribution in [3.8, 4) is 0 Å². The van der Waals surface area contributed by atoms with E-state index in [2.05, 4.69) is 10.6 Å². The van der Waals surface area contributed by atoms with Gasteiger partial charge in [-0.3, -0.25) is 9.59 Å². The molecule has 140 valence electrons. The fraction of sp³-hybridized carbons (Fsp3) is 0.368. The van der Waals surface area contributed by atoms with Gasteiger partial charge in [0.2, 0.25) is 0 Å². The number of nitrogens with zero attached hydrogens (tertiary/aromatic N) is 1. The van der Waals surface area contributed by atoms with E-state index in [-0.39, 0.29) is 36.0 Å². The Kier molecular flexibility index (Phi) is 6.83. The number of carbonyl (C=O) groups excluding carboxylic acids is 2. The molecular formula is C19H24ClN3O3. The average Bonchev–Trinajstić information content (AvgIpc) is 3.18. The zero-order chi connectivity index (χ0) is 17.8. The van der Waals surface area contributed by atoms with Crippen molar-refractivity contribution in [2.75, 3.05) is 25.5 Å². The first-order valence-electron chi connectivity index (χ1n) is 8.49. The van der Waals surface area contributed by atoms with Crippen LogP contribution >= 0.6 is 12.4 Å². The van der Waals surface area contributed by atoms with Crippen LogP contribution in [0.1, 0.15) is 39.3 Å². The van der Waals surface area contributed by atoms with E-state index in [9.17, 15) is 9.59 Å². The monoisotopic (exact) mass is 377 g/mol. The van der Waals surface area contributed by atoms with E-state index in [0.29, 0.717) is 11.3 Å². The highest BCUT2D eigenvalue weighted by molar-refractivity contribution is 6.03. The molecule has 0 radical (unpaired) electrons. The molecule has 0 bridgehead atoms. The molecule has 1 aliphatic rings. The Balaban J connectivity index is 0.00000243. The zero-order valence-corrected chi connectivity index (χ0v) is 15.8. The number of anilines is 1. The minimum absolute atomic E-state index is 0. The summed E-state index contributed by atoms with van der Waals surface area (Å²) in [5.41, 5.74) is 2.08. The summed E-state index contributed by atoms with van der Waals surface area (Å²) in [6.07, 6.45) is 3.36. The van der Waals surface area contributed by atoms with Gasteiger partial charge in [-0.1, -0.05) is 6.07 Å². The van der Waals surface area contributed by atoms with Crippen molar-refractivity contribution in [1.82, 2.24) is 10.2 Å². The molecule has 2 heterocycles. The van der Waals surface area contributed by atoms with Gasteiger partial charge in [-0.25, -0.2) is 0 Å². The van der Waals surface area contributed by atoms with Gasteiger partial charge in [0.15, 0.2) is 5.76 Å². The summed E-state index contributed by atoms with van der Waals surface area (Å²) in [6.45, 7) is 3.75. The van der Waals surface area contributed by atoms with Gasteiger partial charge in [-0.15, -0.1) is 12.4 Å². The first-order valence-corrected chi connectivity index (χ1v) is 8.49. The largest absolute Gasteiger partial charge is 0.459 e. The maximum atomic E-state index is 12.8. The standard InChI is InChI=1S/C19H23N3O3.ClH/c1-13-5-6-14(19(24)22(2)15-7-9-20-10-8-15)12-16(13)21-18(23)17-4-3-11-25-17;/h3-6,11-12,15,20H,7-10H2,1-2H3,(H,21,23);1H. The predicted octanol–water partition coefficient (Wildman–Crippen LogP) is 3.09. The Morgan fingerprint density at radius 1 is 1.23 bits per heavy atom. The minimum atomic E-state index is -0.329. The number of furan rings is 1. The van der Waals surface area contributed by atoms with Crippen LogP contribution in [-0.4, -0.2) is 42.9 Å². The number of nitrogens with one attached hydrogen (secondary N) is 2. The lowest BCUT2D eigenvalue weighted by Gasteiger charge is -2.31. The first-order chi connectivity index (χ1) is 12.1. The maximum Gasteiger partial charge on any atom is 0.291 e. The molecule has 0 atom stereocenters. The third kappa shape index (κ3) is 4.45. The number of amides is 2. The van der Waals surface area contributed by atoms with Crippen molar-refractivity contribution in [2.45, 2.75) is 25.8 Å². The smallest absolute Gasteiger partial charge is 0.291 e. The normalized spacial score (nSPS) is 14.4. The van der Waals surface area contributed by atoms with Gasteiger partial charge in [0.1, 0.15) is 0 Å². The Hall–Kier alpha value is -2.31. The topological polar surface area (TPSA) is 74.6 Å². The summed E-state index contributed by atoms with van der Waals surface area (Å²) in [5.74, 6) is -0.118. The maximum absolute atomic E-state index is 12.8. The molecule has 1 aromatic carbocycles. The molecular weight excluding hydrogens is 354 g/mol. The number of hydrogen-bond donors (Lipinski definition) is 2. The van der Waals surface area contributed by atoms with E-state index in [1.165, 1.54) is 6.26 Å². The summed E-state index contributed by atoms with van der Waals surface area (Å²) in [6, 6.07) is 8.89. The van der Waals surface area contributed by atoms with E-state index >= 15 is 0 Å². The van der Waals surface area contributed by atoms with Crippen LogP contribution in [0.2, 0.25) is 0 Å². The lowest BCUT2D eigenvalue weighted by Crippen LogP contribution is -2.43. The summed E-state index contributed by atoms with van der Waals surface area (Å²) in [7, 11) is 1.85. The Bertz CT molecular complexity index is 755. The van der Waals surface area contributed by atoms with Crippen molar-refractivity contribution in [2.24, 2.45) is 0 Å². The fourth-order valence-corrected chi connectivity index (χ4v) is 3.04. The number of rotatable bonds is 4. The van der Waals surface area contributed by atoms with Crippen molar-refractivity contribution >= 4 is 29.9 Å². The second-order valence-electron chi connectivity index (χ2n) is 6.36. The molecule has 2 N–H and O–H groups in total. The second kappa shape index (κ2) is 8.87. The molecule has 0 spiro atoms. The van der Waals surface area contributed by atoms with Crippen molar-refractivity contribution in [1.29, 1.82) is 0 Å². The van der Waals surface area contributed by atoms with Gasteiger partial charge in [0, 0.05) is 24.3 Å². The molecule has 1 aromatic heterocycles. The predicted molar refractivity (Wildman–Crippen MR) is 103 cm³/mol. The van der Waals surface area contributed by atoms with Gasteiger partial charge in [0.05, 0.1) is 6.26 Å². The molecule has 6 nitrogen and oxygen atoms in total. The number of benzene rings is 1. The van der Waals surface area contributed by atoms with Crippen molar-refractivity contribution in [3.63, 3.8) is 0 Å². The van der Waals surface area contributed by atoms with Gasteiger partial charge in [0.25, 0.3) is 11.8 Å². The van der Waals surface area contributed by atoms with Crippen molar-refractivity contribution < 1.29 is 14.0 Å². The van der Waals surface area contributed by atoms with Gasteiger partial charge >= 0.3 is 0 Å². The highest BCUT2D eigenvalue weighted by Gasteiger charge is 2.23. The zero-order valence-electron chi connectivity index (χ0n) is 15.0. The highest BCUT2D eigenvalue weighted by Crippen LogP contribution is 2.21. The summed E-state index contributed by atoms with van der Waals surface area (Å²) in [4.78, 5) is 26.8. The fourth-order valence-electron chi connectivity index (χ4n) is 3.04. The van der Waals surface area contributed by atoms with Crippen LogP contribution in [0.25, 0.3) is 0 Å². The Morgan fingerprint density at radius 2 is 1.96 bits per heavy atom. The van der Waals surface area contributed by atoms with Crippen LogP contribution in [0.4, 0.5) is 5.69 Å². The molecule has 26 heavy (non-hydrogen) atoms. The van der Waals surface area contributed by atoms with Gasteiger partial charge in [-0.2, -0.15) is 0 Å². The van der Waals surface area contributed by atoms with Crippen molar-refractivity contribution in [3.05, 3.63) is 53.5 Å².